The topological polar surface area (TPSA) is 21.3 Å². The minimum absolute atomic E-state index is 0.640. The lowest BCUT2D eigenvalue weighted by Gasteiger charge is -2.13. The Kier molecular flexibility index (Phi) is 4.29. The molecule has 0 saturated heterocycles. The van der Waals surface area contributed by atoms with Crippen LogP contribution < -0.4 is 10.1 Å². The molecule has 3 aromatic carbocycles. The van der Waals surface area contributed by atoms with Crippen LogP contribution in [0, 0.1) is 13.8 Å². The Morgan fingerprint density at radius 2 is 1.64 bits per heavy atom. The maximum absolute atomic E-state index is 5.95. The third-order valence-corrected chi connectivity index (χ3v) is 4.03. The molecule has 0 atom stereocenters. The van der Waals surface area contributed by atoms with E-state index in [1.807, 2.05) is 24.3 Å². The lowest BCUT2D eigenvalue weighted by atomic mass is 10.1. The molecule has 2 nitrogen and oxygen atoms in total. The zero-order valence-corrected chi connectivity index (χ0v) is 13.1. The molecule has 0 aliphatic rings. The van der Waals surface area contributed by atoms with E-state index >= 15 is 0 Å². The Hall–Kier alpha value is -2.48. The van der Waals surface area contributed by atoms with Gasteiger partial charge in [0, 0.05) is 17.6 Å². The fourth-order valence-corrected chi connectivity index (χ4v) is 2.61. The second-order valence-corrected chi connectivity index (χ2v) is 5.50. The smallest absolute Gasteiger partial charge is 0.127 e. The number of rotatable bonds is 5. The molecule has 3 aromatic rings. The highest BCUT2D eigenvalue weighted by Crippen LogP contribution is 2.25. The second-order valence-electron chi connectivity index (χ2n) is 5.50. The van der Waals surface area contributed by atoms with Crippen molar-refractivity contribution in [3.05, 3.63) is 71.8 Å². The molecule has 3 rings (SSSR count). The maximum Gasteiger partial charge on any atom is 0.127 e. The Bertz CT molecular complexity index is 774. The molecule has 22 heavy (non-hydrogen) atoms. The zero-order chi connectivity index (χ0) is 15.4. The first-order chi connectivity index (χ1) is 10.8. The van der Waals surface area contributed by atoms with Gasteiger partial charge in [0.2, 0.25) is 0 Å². The summed E-state index contributed by atoms with van der Waals surface area (Å²) in [5.74, 6) is 0.945. The lowest BCUT2D eigenvalue weighted by molar-refractivity contribution is 0.337. The predicted molar refractivity (Wildman–Crippen MR) is 93.8 cm³/mol. The van der Waals surface area contributed by atoms with Crippen LogP contribution in [0.3, 0.4) is 0 Å². The quantitative estimate of drug-likeness (QED) is 0.672. The van der Waals surface area contributed by atoms with Crippen molar-refractivity contribution in [3.63, 3.8) is 0 Å². The molecule has 0 saturated carbocycles. The highest BCUT2D eigenvalue weighted by molar-refractivity contribution is 5.88. The van der Waals surface area contributed by atoms with Crippen LogP contribution >= 0.6 is 0 Å². The van der Waals surface area contributed by atoms with Crippen LogP contribution in [0.5, 0.6) is 5.75 Å². The van der Waals surface area contributed by atoms with E-state index in [0.29, 0.717) is 6.61 Å². The van der Waals surface area contributed by atoms with Gasteiger partial charge in [0.05, 0.1) is 0 Å². The first kappa shape index (κ1) is 14.5. The van der Waals surface area contributed by atoms with E-state index in [2.05, 4.69) is 55.6 Å². The van der Waals surface area contributed by atoms with Crippen molar-refractivity contribution in [2.75, 3.05) is 18.5 Å². The summed E-state index contributed by atoms with van der Waals surface area (Å²) < 4.78 is 5.95. The summed E-state index contributed by atoms with van der Waals surface area (Å²) in [5.41, 5.74) is 3.79. The van der Waals surface area contributed by atoms with E-state index < -0.39 is 0 Å². The summed E-state index contributed by atoms with van der Waals surface area (Å²) in [5, 5.41) is 5.82. The number of nitrogens with one attached hydrogen (secondary N) is 1. The number of ether oxygens (including phenoxy) is 1. The number of benzene rings is 3. The second kappa shape index (κ2) is 6.52. The molecule has 2 heteroatoms. The molecular formula is C20H21NO. The summed E-state index contributed by atoms with van der Waals surface area (Å²) in [4.78, 5) is 0. The third-order valence-electron chi connectivity index (χ3n) is 4.03. The van der Waals surface area contributed by atoms with Crippen LogP contribution in [0.25, 0.3) is 10.8 Å². The first-order valence-electron chi connectivity index (χ1n) is 7.66. The minimum Gasteiger partial charge on any atom is -0.491 e. The Balaban J connectivity index is 1.62. The fourth-order valence-electron chi connectivity index (χ4n) is 2.61. The van der Waals surface area contributed by atoms with E-state index in [-0.39, 0.29) is 0 Å². The largest absolute Gasteiger partial charge is 0.491 e. The Morgan fingerprint density at radius 3 is 2.55 bits per heavy atom. The molecule has 0 spiro atoms. The van der Waals surface area contributed by atoms with Gasteiger partial charge in [-0.05, 0) is 42.5 Å². The van der Waals surface area contributed by atoms with Crippen LogP contribution in [-0.2, 0) is 0 Å². The predicted octanol–water partition coefficient (Wildman–Crippen LogP) is 4.95. The van der Waals surface area contributed by atoms with E-state index in [1.54, 1.807) is 0 Å². The van der Waals surface area contributed by atoms with Crippen molar-refractivity contribution in [2.24, 2.45) is 0 Å². The van der Waals surface area contributed by atoms with E-state index in [9.17, 15) is 0 Å². The SMILES string of the molecule is Cc1cccc(NCCOc2cccc3ccccc23)c1C. The van der Waals surface area contributed by atoms with Crippen molar-refractivity contribution in [2.45, 2.75) is 13.8 Å². The molecule has 0 amide bonds. The van der Waals surface area contributed by atoms with Crippen molar-refractivity contribution < 1.29 is 4.74 Å². The zero-order valence-electron chi connectivity index (χ0n) is 13.1. The number of hydrogen-bond acceptors (Lipinski definition) is 2. The molecule has 0 aliphatic carbocycles. The van der Waals surface area contributed by atoms with Crippen molar-refractivity contribution in [1.82, 2.24) is 0 Å². The molecule has 0 radical (unpaired) electrons. The van der Waals surface area contributed by atoms with E-state index in [1.165, 1.54) is 22.2 Å². The van der Waals surface area contributed by atoms with Gasteiger partial charge in [0.1, 0.15) is 12.4 Å². The van der Waals surface area contributed by atoms with Crippen LogP contribution in [0.1, 0.15) is 11.1 Å². The molecule has 0 fully saturated rings. The number of fused-ring (bicyclic) bond motifs is 1. The minimum atomic E-state index is 0.640. The standard InChI is InChI=1S/C20H21NO/c1-15-7-5-11-19(16(15)2)21-13-14-22-20-12-6-9-17-8-3-4-10-18(17)20/h3-12,21H,13-14H2,1-2H3. The van der Waals surface area contributed by atoms with E-state index in [0.717, 1.165) is 17.7 Å². The van der Waals surface area contributed by atoms with Gasteiger partial charge >= 0.3 is 0 Å². The van der Waals surface area contributed by atoms with Gasteiger partial charge in [-0.3, -0.25) is 0 Å². The molecule has 0 aromatic heterocycles. The average Bonchev–Trinajstić information content (AvgIpc) is 2.55. The fraction of sp³-hybridized carbons (Fsp3) is 0.200. The molecule has 0 bridgehead atoms. The Labute approximate surface area is 131 Å². The first-order valence-corrected chi connectivity index (χ1v) is 7.66. The van der Waals surface area contributed by atoms with Gasteiger partial charge in [-0.15, -0.1) is 0 Å². The number of aryl methyl sites for hydroxylation is 1. The maximum atomic E-state index is 5.95. The highest BCUT2D eigenvalue weighted by atomic mass is 16.5. The molecule has 1 N–H and O–H groups in total. The lowest BCUT2D eigenvalue weighted by Crippen LogP contribution is -2.12. The molecule has 112 valence electrons. The summed E-state index contributed by atoms with van der Waals surface area (Å²) >= 11 is 0. The molecular weight excluding hydrogens is 270 g/mol. The van der Waals surface area contributed by atoms with Crippen molar-refractivity contribution in [1.29, 1.82) is 0 Å². The van der Waals surface area contributed by atoms with E-state index in [4.69, 9.17) is 4.74 Å². The summed E-state index contributed by atoms with van der Waals surface area (Å²) in [6, 6.07) is 20.8. The van der Waals surface area contributed by atoms with Crippen LogP contribution in [0.15, 0.2) is 60.7 Å². The van der Waals surface area contributed by atoms with Crippen molar-refractivity contribution in [3.8, 4) is 5.75 Å². The Morgan fingerprint density at radius 1 is 0.864 bits per heavy atom. The number of anilines is 1. The summed E-state index contributed by atoms with van der Waals surface area (Å²) in [7, 11) is 0. The third kappa shape index (κ3) is 3.06. The van der Waals surface area contributed by atoms with Crippen LogP contribution in [-0.4, -0.2) is 13.2 Å². The molecule has 0 unspecified atom stereocenters. The monoisotopic (exact) mass is 291 g/mol. The molecule has 0 heterocycles. The van der Waals surface area contributed by atoms with Gasteiger partial charge < -0.3 is 10.1 Å². The average molecular weight is 291 g/mol. The van der Waals surface area contributed by atoms with Gasteiger partial charge in [-0.1, -0.05) is 48.5 Å². The van der Waals surface area contributed by atoms with Gasteiger partial charge in [0.25, 0.3) is 0 Å². The van der Waals surface area contributed by atoms with Crippen LogP contribution in [0.2, 0.25) is 0 Å². The van der Waals surface area contributed by atoms with Crippen LogP contribution in [0.4, 0.5) is 5.69 Å². The van der Waals surface area contributed by atoms with Gasteiger partial charge in [-0.2, -0.15) is 0 Å². The number of hydrogen-bond donors (Lipinski definition) is 1. The summed E-state index contributed by atoms with van der Waals surface area (Å²) in [6.45, 7) is 5.70. The van der Waals surface area contributed by atoms with Gasteiger partial charge in [-0.25, -0.2) is 0 Å². The normalized spacial score (nSPS) is 10.6. The van der Waals surface area contributed by atoms with Gasteiger partial charge in [0.15, 0.2) is 0 Å². The summed E-state index contributed by atoms with van der Waals surface area (Å²) in [6.07, 6.45) is 0. The molecule has 0 aliphatic heterocycles. The van der Waals surface area contributed by atoms with Crippen molar-refractivity contribution >= 4 is 16.5 Å². The highest BCUT2D eigenvalue weighted by Gasteiger charge is 2.02.